The van der Waals surface area contributed by atoms with Gasteiger partial charge in [-0.1, -0.05) is 45.9 Å². The molecule has 0 saturated carbocycles. The number of nitrogens with one attached hydrogen (secondary N) is 1. The van der Waals surface area contributed by atoms with Crippen molar-refractivity contribution in [3.63, 3.8) is 0 Å². The largest absolute Gasteiger partial charge is 0.508 e. The lowest BCUT2D eigenvalue weighted by Gasteiger charge is -2.29. The monoisotopic (exact) mass is 221 g/mol. The fourth-order valence-electron chi connectivity index (χ4n) is 1.38. The van der Waals surface area contributed by atoms with Crippen LogP contribution in [0.15, 0.2) is 24.3 Å². The van der Waals surface area contributed by atoms with Crippen LogP contribution in [-0.2, 0) is 6.54 Å². The van der Waals surface area contributed by atoms with Gasteiger partial charge in [0.15, 0.2) is 0 Å². The second kappa shape index (κ2) is 5.35. The molecule has 2 N–H and O–H groups in total. The molecule has 0 amide bonds. The van der Waals surface area contributed by atoms with Crippen molar-refractivity contribution in [2.45, 2.75) is 34.2 Å². The molecule has 0 heterocycles. The molecule has 0 aliphatic carbocycles. The number of phenols is 1. The molecule has 0 fully saturated rings. The zero-order chi connectivity index (χ0) is 12.2. The molecule has 0 bridgehead atoms. The summed E-state index contributed by atoms with van der Waals surface area (Å²) in [4.78, 5) is 0. The SMILES string of the molecule is CC(C)C(C)(C)CNCc1ccccc1O. The van der Waals surface area contributed by atoms with Crippen LogP contribution in [0.3, 0.4) is 0 Å². The van der Waals surface area contributed by atoms with Gasteiger partial charge in [-0.25, -0.2) is 0 Å². The highest BCUT2D eigenvalue weighted by atomic mass is 16.3. The van der Waals surface area contributed by atoms with Crippen molar-refractivity contribution < 1.29 is 5.11 Å². The molecule has 0 radical (unpaired) electrons. The first kappa shape index (κ1) is 13.0. The zero-order valence-corrected chi connectivity index (χ0v) is 10.7. The molecule has 1 rings (SSSR count). The molecule has 0 aliphatic rings. The van der Waals surface area contributed by atoms with Crippen LogP contribution < -0.4 is 5.32 Å². The summed E-state index contributed by atoms with van der Waals surface area (Å²) in [7, 11) is 0. The summed E-state index contributed by atoms with van der Waals surface area (Å²) in [5.74, 6) is 1.02. The summed E-state index contributed by atoms with van der Waals surface area (Å²) in [5.41, 5.74) is 1.24. The van der Waals surface area contributed by atoms with E-state index in [1.54, 1.807) is 6.07 Å². The molecule has 1 aromatic carbocycles. The fraction of sp³-hybridized carbons (Fsp3) is 0.571. The maximum atomic E-state index is 9.61. The highest BCUT2D eigenvalue weighted by Gasteiger charge is 2.21. The minimum absolute atomic E-state index is 0.282. The van der Waals surface area contributed by atoms with Crippen molar-refractivity contribution in [3.05, 3.63) is 29.8 Å². The van der Waals surface area contributed by atoms with Crippen LogP contribution in [0.5, 0.6) is 5.75 Å². The van der Waals surface area contributed by atoms with Crippen molar-refractivity contribution in [3.8, 4) is 5.75 Å². The third kappa shape index (κ3) is 3.53. The maximum absolute atomic E-state index is 9.61. The summed E-state index contributed by atoms with van der Waals surface area (Å²) in [5, 5.41) is 13.0. The van der Waals surface area contributed by atoms with Gasteiger partial charge in [-0.3, -0.25) is 0 Å². The van der Waals surface area contributed by atoms with E-state index in [1.807, 2.05) is 18.2 Å². The van der Waals surface area contributed by atoms with Gasteiger partial charge in [0.05, 0.1) is 0 Å². The van der Waals surface area contributed by atoms with E-state index < -0.39 is 0 Å². The summed E-state index contributed by atoms with van der Waals surface area (Å²) >= 11 is 0. The first-order valence-electron chi connectivity index (χ1n) is 5.91. The predicted molar refractivity (Wildman–Crippen MR) is 68.4 cm³/mol. The number of phenolic OH excluding ortho intramolecular Hbond substituents is 1. The number of para-hydroxylation sites is 1. The average molecular weight is 221 g/mol. The number of rotatable bonds is 5. The van der Waals surface area contributed by atoms with E-state index in [1.165, 1.54) is 0 Å². The Morgan fingerprint density at radius 2 is 1.88 bits per heavy atom. The summed E-state index contributed by atoms with van der Waals surface area (Å²) in [6.07, 6.45) is 0. The molecule has 0 saturated heterocycles. The molecule has 0 unspecified atom stereocenters. The van der Waals surface area contributed by atoms with Crippen molar-refractivity contribution >= 4 is 0 Å². The van der Waals surface area contributed by atoms with Crippen LogP contribution in [0.2, 0.25) is 0 Å². The van der Waals surface area contributed by atoms with Crippen LogP contribution in [0, 0.1) is 11.3 Å². The van der Waals surface area contributed by atoms with E-state index in [9.17, 15) is 5.11 Å². The van der Waals surface area contributed by atoms with Gasteiger partial charge in [-0.05, 0) is 17.4 Å². The van der Waals surface area contributed by atoms with Gasteiger partial charge in [0.2, 0.25) is 0 Å². The van der Waals surface area contributed by atoms with Crippen molar-refractivity contribution in [2.24, 2.45) is 11.3 Å². The molecule has 2 heteroatoms. The minimum Gasteiger partial charge on any atom is -0.508 e. The Balaban J connectivity index is 2.45. The summed E-state index contributed by atoms with van der Waals surface area (Å²) in [6, 6.07) is 7.47. The molecule has 90 valence electrons. The van der Waals surface area contributed by atoms with Crippen molar-refractivity contribution in [2.75, 3.05) is 6.54 Å². The third-order valence-corrected chi connectivity index (χ3v) is 3.45. The summed E-state index contributed by atoms with van der Waals surface area (Å²) in [6.45, 7) is 10.7. The van der Waals surface area contributed by atoms with E-state index in [0.717, 1.165) is 18.7 Å². The van der Waals surface area contributed by atoms with Crippen LogP contribution in [0.25, 0.3) is 0 Å². The topological polar surface area (TPSA) is 32.3 Å². The second-order valence-electron chi connectivity index (χ2n) is 5.38. The lowest BCUT2D eigenvalue weighted by molar-refractivity contribution is 0.237. The van der Waals surface area contributed by atoms with Gasteiger partial charge in [-0.15, -0.1) is 0 Å². The van der Waals surface area contributed by atoms with E-state index in [-0.39, 0.29) is 5.41 Å². The Labute approximate surface area is 98.7 Å². The molecule has 0 aromatic heterocycles. The van der Waals surface area contributed by atoms with E-state index in [2.05, 4.69) is 33.0 Å². The molecule has 0 atom stereocenters. The van der Waals surface area contributed by atoms with Gasteiger partial charge in [0, 0.05) is 18.7 Å². The first-order chi connectivity index (χ1) is 7.43. The van der Waals surface area contributed by atoms with Crippen LogP contribution in [0.1, 0.15) is 33.3 Å². The number of hydrogen-bond donors (Lipinski definition) is 2. The molecular formula is C14H23NO. The zero-order valence-electron chi connectivity index (χ0n) is 10.7. The molecule has 1 aromatic rings. The van der Waals surface area contributed by atoms with Gasteiger partial charge >= 0.3 is 0 Å². The Hall–Kier alpha value is -1.02. The minimum atomic E-state index is 0.282. The predicted octanol–water partition coefficient (Wildman–Crippen LogP) is 3.16. The molecule has 0 aliphatic heterocycles. The van der Waals surface area contributed by atoms with Crippen molar-refractivity contribution in [1.82, 2.24) is 5.32 Å². The smallest absolute Gasteiger partial charge is 0.120 e. The summed E-state index contributed by atoms with van der Waals surface area (Å²) < 4.78 is 0. The molecular weight excluding hydrogens is 198 g/mol. The quantitative estimate of drug-likeness (QED) is 0.800. The lowest BCUT2D eigenvalue weighted by atomic mass is 9.81. The van der Waals surface area contributed by atoms with Gasteiger partial charge in [0.25, 0.3) is 0 Å². The Morgan fingerprint density at radius 3 is 2.44 bits per heavy atom. The Kier molecular flexibility index (Phi) is 4.36. The highest BCUT2D eigenvalue weighted by Crippen LogP contribution is 2.25. The first-order valence-corrected chi connectivity index (χ1v) is 5.91. The van der Waals surface area contributed by atoms with E-state index >= 15 is 0 Å². The number of aromatic hydroxyl groups is 1. The molecule has 16 heavy (non-hydrogen) atoms. The van der Waals surface area contributed by atoms with E-state index in [0.29, 0.717) is 11.7 Å². The maximum Gasteiger partial charge on any atom is 0.120 e. The third-order valence-electron chi connectivity index (χ3n) is 3.45. The standard InChI is InChI=1S/C14H23NO/c1-11(2)14(3,4)10-15-9-12-7-5-6-8-13(12)16/h5-8,11,15-16H,9-10H2,1-4H3. The molecule has 0 spiro atoms. The Bertz CT molecular complexity index is 331. The van der Waals surface area contributed by atoms with Gasteiger partial charge in [-0.2, -0.15) is 0 Å². The lowest BCUT2D eigenvalue weighted by Crippen LogP contribution is -2.33. The second-order valence-corrected chi connectivity index (χ2v) is 5.38. The van der Waals surface area contributed by atoms with Crippen LogP contribution >= 0.6 is 0 Å². The van der Waals surface area contributed by atoms with Crippen molar-refractivity contribution in [1.29, 1.82) is 0 Å². The Morgan fingerprint density at radius 1 is 1.25 bits per heavy atom. The van der Waals surface area contributed by atoms with Gasteiger partial charge in [0.1, 0.15) is 5.75 Å². The normalized spacial score (nSPS) is 12.1. The van der Waals surface area contributed by atoms with Gasteiger partial charge < -0.3 is 10.4 Å². The molecule has 2 nitrogen and oxygen atoms in total. The number of hydrogen-bond acceptors (Lipinski definition) is 2. The van der Waals surface area contributed by atoms with Crippen LogP contribution in [-0.4, -0.2) is 11.7 Å². The number of benzene rings is 1. The van der Waals surface area contributed by atoms with Crippen LogP contribution in [0.4, 0.5) is 0 Å². The highest BCUT2D eigenvalue weighted by molar-refractivity contribution is 5.31. The van der Waals surface area contributed by atoms with E-state index in [4.69, 9.17) is 0 Å². The fourth-order valence-corrected chi connectivity index (χ4v) is 1.38. The average Bonchev–Trinajstić information content (AvgIpc) is 2.20.